The molecule has 2 aromatic rings. The molecule has 0 aliphatic rings. The van der Waals surface area contributed by atoms with Gasteiger partial charge in [-0.2, -0.15) is 0 Å². The number of hydrogen-bond donors (Lipinski definition) is 1. The highest BCUT2D eigenvalue weighted by Gasteiger charge is 2.09. The van der Waals surface area contributed by atoms with E-state index in [1.165, 1.54) is 11.1 Å². The first-order valence-corrected chi connectivity index (χ1v) is 6.90. The van der Waals surface area contributed by atoms with Crippen molar-refractivity contribution in [3.05, 3.63) is 63.1 Å². The van der Waals surface area contributed by atoms with E-state index in [9.17, 15) is 4.79 Å². The van der Waals surface area contributed by atoms with Gasteiger partial charge >= 0.3 is 0 Å². The van der Waals surface area contributed by atoms with Crippen LogP contribution in [-0.4, -0.2) is 5.78 Å². The van der Waals surface area contributed by atoms with E-state index >= 15 is 0 Å². The van der Waals surface area contributed by atoms with Crippen molar-refractivity contribution in [1.29, 1.82) is 0 Å². The number of carbonyl (C=O) groups excluding carboxylic acids is 1. The minimum Gasteiger partial charge on any atom is -0.398 e. The molecule has 0 radical (unpaired) electrons. The summed E-state index contributed by atoms with van der Waals surface area (Å²) < 4.78 is 0.763. The summed E-state index contributed by atoms with van der Waals surface area (Å²) >= 11 is 3.35. The van der Waals surface area contributed by atoms with Gasteiger partial charge in [0, 0.05) is 22.1 Å². The van der Waals surface area contributed by atoms with Crippen molar-refractivity contribution in [1.82, 2.24) is 0 Å². The molecule has 2 aromatic carbocycles. The second-order valence-corrected chi connectivity index (χ2v) is 5.69. The molecule has 0 saturated heterocycles. The summed E-state index contributed by atoms with van der Waals surface area (Å²) in [6.07, 6.45) is 0.416. The average molecular weight is 318 g/mol. The Morgan fingerprint density at radius 2 is 1.74 bits per heavy atom. The number of aryl methyl sites for hydroxylation is 2. The van der Waals surface area contributed by atoms with Crippen molar-refractivity contribution in [3.63, 3.8) is 0 Å². The number of anilines is 1. The van der Waals surface area contributed by atoms with E-state index in [1.54, 1.807) is 18.2 Å². The number of halogens is 1. The van der Waals surface area contributed by atoms with Crippen LogP contribution in [0, 0.1) is 13.8 Å². The number of rotatable bonds is 3. The van der Waals surface area contributed by atoms with Crippen LogP contribution in [0.15, 0.2) is 40.9 Å². The molecule has 2 N–H and O–H groups in total. The van der Waals surface area contributed by atoms with E-state index < -0.39 is 0 Å². The van der Waals surface area contributed by atoms with E-state index in [-0.39, 0.29) is 5.78 Å². The zero-order valence-electron chi connectivity index (χ0n) is 11.0. The Labute approximate surface area is 121 Å². The molecule has 0 unspecified atom stereocenters. The molecule has 0 aromatic heterocycles. The molecule has 2 nitrogen and oxygen atoms in total. The maximum atomic E-state index is 12.2. The predicted molar refractivity (Wildman–Crippen MR) is 82.5 cm³/mol. The van der Waals surface area contributed by atoms with Gasteiger partial charge in [-0.1, -0.05) is 29.3 Å². The quantitative estimate of drug-likeness (QED) is 0.685. The summed E-state index contributed by atoms with van der Waals surface area (Å²) in [5, 5.41) is 0. The van der Waals surface area contributed by atoms with Gasteiger partial charge in [0.05, 0.1) is 0 Å². The molecule has 0 heterocycles. The highest BCUT2D eigenvalue weighted by Crippen LogP contribution is 2.21. The van der Waals surface area contributed by atoms with E-state index in [2.05, 4.69) is 34.1 Å². The van der Waals surface area contributed by atoms with Crippen LogP contribution in [-0.2, 0) is 6.42 Å². The Balaban J connectivity index is 2.22. The van der Waals surface area contributed by atoms with Crippen LogP contribution in [0.25, 0.3) is 0 Å². The van der Waals surface area contributed by atoms with Gasteiger partial charge in [0.25, 0.3) is 0 Å². The zero-order chi connectivity index (χ0) is 14.0. The standard InChI is InChI=1S/C16H16BrNO/c1-10-5-11(2)7-12(6-10)8-16(19)13-3-4-15(18)14(17)9-13/h3-7,9H,8,18H2,1-2H3. The molecule has 0 amide bonds. The number of benzene rings is 2. The van der Waals surface area contributed by atoms with Gasteiger partial charge in [0.2, 0.25) is 0 Å². The molecule has 0 spiro atoms. The number of hydrogen-bond acceptors (Lipinski definition) is 2. The van der Waals surface area contributed by atoms with Crippen molar-refractivity contribution in [2.75, 3.05) is 5.73 Å². The third kappa shape index (κ3) is 3.44. The van der Waals surface area contributed by atoms with Crippen LogP contribution in [0.4, 0.5) is 5.69 Å². The molecular weight excluding hydrogens is 302 g/mol. The van der Waals surface area contributed by atoms with E-state index in [0.717, 1.165) is 10.0 Å². The van der Waals surface area contributed by atoms with Crippen LogP contribution < -0.4 is 5.73 Å². The van der Waals surface area contributed by atoms with Crippen LogP contribution >= 0.6 is 15.9 Å². The molecule has 2 rings (SSSR count). The molecule has 98 valence electrons. The maximum Gasteiger partial charge on any atom is 0.167 e. The molecule has 0 atom stereocenters. The van der Waals surface area contributed by atoms with Crippen LogP contribution in [0.1, 0.15) is 27.0 Å². The Morgan fingerprint density at radius 3 is 2.32 bits per heavy atom. The van der Waals surface area contributed by atoms with Crippen LogP contribution in [0.2, 0.25) is 0 Å². The third-order valence-corrected chi connectivity index (χ3v) is 3.66. The summed E-state index contributed by atoms with van der Waals surface area (Å²) in [7, 11) is 0. The predicted octanol–water partition coefficient (Wildman–Crippen LogP) is 4.07. The molecular formula is C16H16BrNO. The first kappa shape index (κ1) is 13.8. The Hall–Kier alpha value is -1.61. The fourth-order valence-electron chi connectivity index (χ4n) is 2.16. The second-order valence-electron chi connectivity index (χ2n) is 4.83. The molecule has 0 fully saturated rings. The van der Waals surface area contributed by atoms with Crippen molar-refractivity contribution in [2.24, 2.45) is 0 Å². The average Bonchev–Trinajstić information content (AvgIpc) is 2.31. The lowest BCUT2D eigenvalue weighted by Gasteiger charge is -2.06. The lowest BCUT2D eigenvalue weighted by atomic mass is 9.99. The largest absolute Gasteiger partial charge is 0.398 e. The fraction of sp³-hybridized carbons (Fsp3) is 0.188. The lowest BCUT2D eigenvalue weighted by Crippen LogP contribution is -2.04. The van der Waals surface area contributed by atoms with Gasteiger partial charge in [-0.3, -0.25) is 4.79 Å². The molecule has 0 aliphatic heterocycles. The van der Waals surface area contributed by atoms with Crippen molar-refractivity contribution >= 4 is 27.4 Å². The minimum absolute atomic E-state index is 0.103. The van der Waals surface area contributed by atoms with Gasteiger partial charge in [0.15, 0.2) is 5.78 Å². The summed E-state index contributed by atoms with van der Waals surface area (Å²) in [6.45, 7) is 4.08. The van der Waals surface area contributed by atoms with Gasteiger partial charge in [-0.25, -0.2) is 0 Å². The summed E-state index contributed by atoms with van der Waals surface area (Å²) in [5.41, 5.74) is 10.5. The molecule has 0 aliphatic carbocycles. The van der Waals surface area contributed by atoms with Gasteiger partial charge < -0.3 is 5.73 Å². The summed E-state index contributed by atoms with van der Waals surface area (Å²) in [6, 6.07) is 11.5. The van der Waals surface area contributed by atoms with Crippen molar-refractivity contribution < 1.29 is 4.79 Å². The number of Topliss-reactive ketones (excluding diaryl/α,β-unsaturated/α-hetero) is 1. The number of nitrogens with two attached hydrogens (primary N) is 1. The second kappa shape index (κ2) is 5.57. The minimum atomic E-state index is 0.103. The van der Waals surface area contributed by atoms with Gasteiger partial charge in [-0.05, 0) is 53.5 Å². The Bertz CT molecular complexity index is 614. The highest BCUT2D eigenvalue weighted by atomic mass is 79.9. The van der Waals surface area contributed by atoms with E-state index in [1.807, 2.05) is 13.8 Å². The van der Waals surface area contributed by atoms with Crippen LogP contribution in [0.3, 0.4) is 0 Å². The molecule has 0 bridgehead atoms. The first-order valence-electron chi connectivity index (χ1n) is 6.11. The smallest absolute Gasteiger partial charge is 0.167 e. The highest BCUT2D eigenvalue weighted by molar-refractivity contribution is 9.10. The van der Waals surface area contributed by atoms with Crippen molar-refractivity contribution in [3.8, 4) is 0 Å². The number of nitrogen functional groups attached to an aromatic ring is 1. The Kier molecular flexibility index (Phi) is 4.05. The monoisotopic (exact) mass is 317 g/mol. The normalized spacial score (nSPS) is 10.5. The maximum absolute atomic E-state index is 12.2. The fourth-order valence-corrected chi connectivity index (χ4v) is 2.54. The topological polar surface area (TPSA) is 43.1 Å². The summed E-state index contributed by atoms with van der Waals surface area (Å²) in [4.78, 5) is 12.2. The summed E-state index contributed by atoms with van der Waals surface area (Å²) in [5.74, 6) is 0.103. The molecule has 3 heteroatoms. The third-order valence-electron chi connectivity index (χ3n) is 2.97. The van der Waals surface area contributed by atoms with Gasteiger partial charge in [0.1, 0.15) is 0 Å². The SMILES string of the molecule is Cc1cc(C)cc(CC(=O)c2ccc(N)c(Br)c2)c1. The zero-order valence-corrected chi connectivity index (χ0v) is 12.6. The van der Waals surface area contributed by atoms with Gasteiger partial charge in [-0.15, -0.1) is 0 Å². The van der Waals surface area contributed by atoms with E-state index in [4.69, 9.17) is 5.73 Å². The first-order chi connectivity index (χ1) is 8.95. The Morgan fingerprint density at radius 1 is 1.11 bits per heavy atom. The van der Waals surface area contributed by atoms with Crippen LogP contribution in [0.5, 0.6) is 0 Å². The number of ketones is 1. The number of carbonyl (C=O) groups is 1. The van der Waals surface area contributed by atoms with E-state index in [0.29, 0.717) is 17.7 Å². The lowest BCUT2D eigenvalue weighted by molar-refractivity contribution is 0.0993. The molecule has 19 heavy (non-hydrogen) atoms. The molecule has 0 saturated carbocycles. The van der Waals surface area contributed by atoms with Crippen molar-refractivity contribution in [2.45, 2.75) is 20.3 Å².